The van der Waals surface area contributed by atoms with Crippen molar-refractivity contribution in [1.29, 1.82) is 0 Å². The Balaban J connectivity index is 1.39. The summed E-state index contributed by atoms with van der Waals surface area (Å²) in [5, 5.41) is 11.8. The van der Waals surface area contributed by atoms with Gasteiger partial charge in [-0.25, -0.2) is 9.36 Å². The Labute approximate surface area is 167 Å². The van der Waals surface area contributed by atoms with Crippen LogP contribution in [0.4, 0.5) is 0 Å². The second-order valence-electron chi connectivity index (χ2n) is 7.56. The van der Waals surface area contributed by atoms with Gasteiger partial charge in [0.2, 0.25) is 5.91 Å². The quantitative estimate of drug-likeness (QED) is 0.706. The van der Waals surface area contributed by atoms with Crippen LogP contribution in [-0.2, 0) is 14.9 Å². The van der Waals surface area contributed by atoms with Gasteiger partial charge in [0.15, 0.2) is 5.82 Å². The third kappa shape index (κ3) is 3.15. The Bertz CT molecular complexity index is 1070. The first-order chi connectivity index (χ1) is 14.2. The number of carbonyl (C=O) groups is 1. The zero-order valence-corrected chi connectivity index (χ0v) is 15.8. The molecular formula is C21H21N5O3. The van der Waals surface area contributed by atoms with Crippen molar-refractivity contribution in [1.82, 2.24) is 24.9 Å². The van der Waals surface area contributed by atoms with E-state index in [9.17, 15) is 9.59 Å². The fourth-order valence-electron chi connectivity index (χ4n) is 3.94. The lowest BCUT2D eigenvalue weighted by atomic mass is 9.94. The van der Waals surface area contributed by atoms with Crippen LogP contribution in [0.2, 0.25) is 0 Å². The van der Waals surface area contributed by atoms with E-state index in [1.165, 1.54) is 10.7 Å². The normalized spacial score (nSPS) is 22.3. The van der Waals surface area contributed by atoms with Crippen molar-refractivity contribution in [2.75, 3.05) is 13.2 Å². The van der Waals surface area contributed by atoms with Crippen molar-refractivity contribution < 1.29 is 9.53 Å². The highest BCUT2D eigenvalue weighted by atomic mass is 16.5. The summed E-state index contributed by atoms with van der Waals surface area (Å²) in [6.45, 7) is 0.667. The van der Waals surface area contributed by atoms with Gasteiger partial charge < -0.3 is 10.1 Å². The summed E-state index contributed by atoms with van der Waals surface area (Å²) in [6, 6.07) is 14.0. The molecule has 1 saturated carbocycles. The Morgan fingerprint density at radius 3 is 2.66 bits per heavy atom. The maximum absolute atomic E-state index is 13.1. The summed E-state index contributed by atoms with van der Waals surface area (Å²) < 4.78 is 8.60. The van der Waals surface area contributed by atoms with Crippen LogP contribution in [0.5, 0.6) is 0 Å². The van der Waals surface area contributed by atoms with Gasteiger partial charge in [0, 0.05) is 18.5 Å². The number of ether oxygens (including phenoxy) is 1. The molecule has 2 unspecified atom stereocenters. The molecule has 5 rings (SSSR count). The van der Waals surface area contributed by atoms with E-state index in [0.717, 1.165) is 18.4 Å². The Kier molecular flexibility index (Phi) is 4.28. The van der Waals surface area contributed by atoms with Gasteiger partial charge >= 0.3 is 0 Å². The predicted molar refractivity (Wildman–Crippen MR) is 105 cm³/mol. The minimum Gasteiger partial charge on any atom is -0.377 e. The smallest absolute Gasteiger partial charge is 0.267 e. The Morgan fingerprint density at radius 1 is 1.10 bits per heavy atom. The molecule has 0 bridgehead atoms. The van der Waals surface area contributed by atoms with E-state index < -0.39 is 5.41 Å². The van der Waals surface area contributed by atoms with Crippen molar-refractivity contribution in [2.24, 2.45) is 0 Å². The van der Waals surface area contributed by atoms with Gasteiger partial charge in [0.25, 0.3) is 5.56 Å². The molecule has 2 atom stereocenters. The number of benzene rings is 1. The van der Waals surface area contributed by atoms with Crippen molar-refractivity contribution >= 4 is 5.91 Å². The monoisotopic (exact) mass is 391 g/mol. The van der Waals surface area contributed by atoms with Crippen LogP contribution < -0.4 is 10.9 Å². The average Bonchev–Trinajstić information content (AvgIpc) is 3.15. The van der Waals surface area contributed by atoms with E-state index in [1.54, 1.807) is 29.2 Å². The molecule has 0 radical (unpaired) electrons. The summed E-state index contributed by atoms with van der Waals surface area (Å²) in [6.07, 6.45) is 5.07. The lowest BCUT2D eigenvalue weighted by Gasteiger charge is -2.23. The van der Waals surface area contributed by atoms with E-state index in [2.05, 4.69) is 15.5 Å². The number of carbonyl (C=O) groups excluding carboxylic acids is 1. The molecule has 1 amide bonds. The lowest BCUT2D eigenvalue weighted by Crippen LogP contribution is -2.47. The van der Waals surface area contributed by atoms with Crippen molar-refractivity contribution in [3.63, 3.8) is 0 Å². The van der Waals surface area contributed by atoms with Gasteiger partial charge in [-0.15, -0.1) is 5.10 Å². The van der Waals surface area contributed by atoms with Crippen LogP contribution in [0, 0.1) is 0 Å². The van der Waals surface area contributed by atoms with Gasteiger partial charge in [-0.1, -0.05) is 30.3 Å². The molecular weight excluding hydrogens is 370 g/mol. The van der Waals surface area contributed by atoms with E-state index in [1.807, 2.05) is 30.3 Å². The minimum atomic E-state index is -0.469. The highest BCUT2D eigenvalue weighted by Crippen LogP contribution is 2.48. The molecule has 2 aliphatic rings. The maximum Gasteiger partial charge on any atom is 0.267 e. The van der Waals surface area contributed by atoms with Crippen LogP contribution in [0.1, 0.15) is 24.4 Å². The van der Waals surface area contributed by atoms with E-state index in [0.29, 0.717) is 19.0 Å². The Hall–Kier alpha value is -3.26. The summed E-state index contributed by atoms with van der Waals surface area (Å²) in [5.41, 5.74) is 0.327. The van der Waals surface area contributed by atoms with Gasteiger partial charge in [-0.3, -0.25) is 9.59 Å². The number of nitrogens with zero attached hydrogens (tertiary/aromatic N) is 4. The number of nitrogens with one attached hydrogen (secondary N) is 1. The molecule has 8 heteroatoms. The molecule has 1 aliphatic carbocycles. The molecule has 1 aliphatic heterocycles. The minimum absolute atomic E-state index is 0.0134. The van der Waals surface area contributed by atoms with Crippen LogP contribution >= 0.6 is 0 Å². The fraction of sp³-hybridized carbons (Fsp3) is 0.333. The second kappa shape index (κ2) is 6.97. The molecule has 2 fully saturated rings. The average molecular weight is 391 g/mol. The molecule has 8 nitrogen and oxygen atoms in total. The van der Waals surface area contributed by atoms with E-state index in [-0.39, 0.29) is 23.6 Å². The van der Waals surface area contributed by atoms with Crippen LogP contribution in [0.15, 0.2) is 65.7 Å². The molecule has 0 spiro atoms. The molecule has 1 saturated heterocycles. The SMILES string of the molecule is O=C(NC1COCC1n1nc(-n2cccn2)ccc1=O)C1(c2ccccc2)CC1. The third-order valence-corrected chi connectivity index (χ3v) is 5.74. The molecule has 148 valence electrons. The largest absolute Gasteiger partial charge is 0.377 e. The summed E-state index contributed by atoms with van der Waals surface area (Å²) >= 11 is 0. The van der Waals surface area contributed by atoms with E-state index >= 15 is 0 Å². The molecule has 1 aromatic carbocycles. The van der Waals surface area contributed by atoms with Gasteiger partial charge in [-0.2, -0.15) is 5.10 Å². The van der Waals surface area contributed by atoms with Gasteiger partial charge in [-0.05, 0) is 30.5 Å². The number of hydrogen-bond donors (Lipinski definition) is 1. The van der Waals surface area contributed by atoms with Gasteiger partial charge in [0.05, 0.1) is 24.7 Å². The van der Waals surface area contributed by atoms with Crippen LogP contribution in [0.3, 0.4) is 0 Å². The Morgan fingerprint density at radius 2 is 1.93 bits per heavy atom. The van der Waals surface area contributed by atoms with Crippen LogP contribution in [-0.4, -0.2) is 44.7 Å². The molecule has 3 aromatic rings. The number of rotatable bonds is 5. The first-order valence-electron chi connectivity index (χ1n) is 9.71. The fourth-order valence-corrected chi connectivity index (χ4v) is 3.94. The highest BCUT2D eigenvalue weighted by Gasteiger charge is 2.52. The first kappa shape index (κ1) is 17.8. The summed E-state index contributed by atoms with van der Waals surface area (Å²) in [4.78, 5) is 25.6. The lowest BCUT2D eigenvalue weighted by molar-refractivity contribution is -0.124. The second-order valence-corrected chi connectivity index (χ2v) is 7.56. The molecule has 2 aromatic heterocycles. The third-order valence-electron chi connectivity index (χ3n) is 5.74. The molecule has 3 heterocycles. The number of amides is 1. The topological polar surface area (TPSA) is 91.0 Å². The van der Waals surface area contributed by atoms with Gasteiger partial charge in [0.1, 0.15) is 6.04 Å². The maximum atomic E-state index is 13.1. The zero-order valence-electron chi connectivity index (χ0n) is 15.8. The predicted octanol–water partition coefficient (Wildman–Crippen LogP) is 1.22. The van der Waals surface area contributed by atoms with Crippen molar-refractivity contribution in [2.45, 2.75) is 30.3 Å². The molecule has 1 N–H and O–H groups in total. The first-order valence-corrected chi connectivity index (χ1v) is 9.71. The molecule has 29 heavy (non-hydrogen) atoms. The van der Waals surface area contributed by atoms with Crippen LogP contribution in [0.25, 0.3) is 5.82 Å². The van der Waals surface area contributed by atoms with Crippen molar-refractivity contribution in [3.05, 3.63) is 76.8 Å². The number of aromatic nitrogens is 4. The van der Waals surface area contributed by atoms with Crippen molar-refractivity contribution in [3.8, 4) is 5.82 Å². The summed E-state index contributed by atoms with van der Waals surface area (Å²) in [7, 11) is 0. The number of hydrogen-bond acceptors (Lipinski definition) is 5. The highest BCUT2D eigenvalue weighted by molar-refractivity contribution is 5.91. The zero-order chi connectivity index (χ0) is 19.8. The standard InChI is InChI=1S/C21H21N5O3/c27-19-8-7-18(25-12-4-11-22-25)24-26(19)17-14-29-13-16(17)23-20(28)21(9-10-21)15-5-2-1-3-6-15/h1-8,11-12,16-17H,9-10,13-14H2,(H,23,28). The summed E-state index contributed by atoms with van der Waals surface area (Å²) in [5.74, 6) is 0.523. The van der Waals surface area contributed by atoms with E-state index in [4.69, 9.17) is 4.74 Å².